The van der Waals surface area contributed by atoms with Crippen LogP contribution in [-0.2, 0) is 4.74 Å². The number of rotatable bonds is 0. The van der Waals surface area contributed by atoms with Gasteiger partial charge >= 0.3 is 11.9 Å². The molecule has 0 amide bonds. The maximum absolute atomic E-state index is 11.2. The third-order valence-electron chi connectivity index (χ3n) is 1.91. The monoisotopic (exact) mass is 210 g/mol. The Labute approximate surface area is 80.6 Å². The van der Waals surface area contributed by atoms with Gasteiger partial charge in [-0.25, -0.2) is 9.59 Å². The van der Waals surface area contributed by atoms with Gasteiger partial charge in [-0.2, -0.15) is 11.3 Å². The van der Waals surface area contributed by atoms with Crippen molar-refractivity contribution in [3.8, 4) is 0 Å². The lowest BCUT2D eigenvalue weighted by atomic mass is 10.2. The number of carbonyl (C=O) groups is 2. The lowest BCUT2D eigenvalue weighted by Crippen LogP contribution is -1.97. The second-order valence-electron chi connectivity index (χ2n) is 2.63. The molecule has 3 rings (SSSR count). The molecule has 13 heavy (non-hydrogen) atoms. The molecule has 0 saturated carbocycles. The Hall–Kier alpha value is -1.20. The van der Waals surface area contributed by atoms with Crippen molar-refractivity contribution in [2.75, 3.05) is 0 Å². The Morgan fingerprint density at radius 3 is 2.85 bits per heavy atom. The molecule has 2 aromatic rings. The zero-order valence-corrected chi connectivity index (χ0v) is 7.83. The Bertz CT molecular complexity index is 535. The minimum atomic E-state index is -0.510. The van der Waals surface area contributed by atoms with Gasteiger partial charge in [-0.15, -0.1) is 11.3 Å². The summed E-state index contributed by atoms with van der Waals surface area (Å²) in [5.41, 5.74) is 0.450. The van der Waals surface area contributed by atoms with E-state index in [1.165, 1.54) is 22.7 Å². The van der Waals surface area contributed by atoms with Crippen LogP contribution in [0, 0.1) is 0 Å². The summed E-state index contributed by atoms with van der Waals surface area (Å²) < 4.78 is 5.47. The van der Waals surface area contributed by atoms with Crippen molar-refractivity contribution >= 4 is 44.7 Å². The predicted octanol–water partition coefficient (Wildman–Crippen LogP) is 2.27. The lowest BCUT2D eigenvalue weighted by molar-refractivity contribution is 0.0446. The van der Waals surface area contributed by atoms with Crippen LogP contribution in [0.3, 0.4) is 0 Å². The molecule has 0 N–H and O–H groups in total. The summed E-state index contributed by atoms with van der Waals surface area (Å²) in [5.74, 6) is -1.02. The van der Waals surface area contributed by atoms with Crippen molar-refractivity contribution in [3.05, 3.63) is 21.2 Å². The summed E-state index contributed by atoms with van der Waals surface area (Å²) in [7, 11) is 0. The van der Waals surface area contributed by atoms with Gasteiger partial charge in [0.25, 0.3) is 0 Å². The normalized spacial score (nSPS) is 15.1. The molecule has 1 aliphatic rings. The first-order valence-corrected chi connectivity index (χ1v) is 5.28. The van der Waals surface area contributed by atoms with E-state index in [0.29, 0.717) is 10.4 Å². The summed E-state index contributed by atoms with van der Waals surface area (Å²) in [4.78, 5) is 22.8. The fourth-order valence-electron chi connectivity index (χ4n) is 1.36. The summed E-state index contributed by atoms with van der Waals surface area (Å²) in [6.45, 7) is 0. The first kappa shape index (κ1) is 7.23. The molecular formula is C8H2O3S2. The van der Waals surface area contributed by atoms with E-state index in [1.54, 1.807) is 0 Å². The molecule has 0 radical (unpaired) electrons. The quantitative estimate of drug-likeness (QED) is 0.495. The number of carbonyl (C=O) groups excluding carboxylic acids is 2. The number of fused-ring (bicyclic) bond motifs is 3. The third kappa shape index (κ3) is 0.777. The molecule has 5 heteroatoms. The van der Waals surface area contributed by atoms with Gasteiger partial charge < -0.3 is 4.74 Å². The Kier molecular flexibility index (Phi) is 1.21. The van der Waals surface area contributed by atoms with Crippen LogP contribution in [-0.4, -0.2) is 11.9 Å². The van der Waals surface area contributed by atoms with Crippen LogP contribution in [0.1, 0.15) is 20.0 Å². The molecule has 0 unspecified atom stereocenters. The number of cyclic esters (lactones) is 2. The summed E-state index contributed by atoms with van der Waals surface area (Å²) in [6.07, 6.45) is 0. The van der Waals surface area contributed by atoms with E-state index in [1.807, 2.05) is 10.8 Å². The van der Waals surface area contributed by atoms with E-state index in [4.69, 9.17) is 0 Å². The highest BCUT2D eigenvalue weighted by atomic mass is 32.1. The molecule has 0 atom stereocenters. The minimum absolute atomic E-state index is 0.447. The molecule has 1 aliphatic heterocycles. The first-order valence-electron chi connectivity index (χ1n) is 3.52. The first-order chi connectivity index (χ1) is 6.27. The Morgan fingerprint density at radius 1 is 1.15 bits per heavy atom. The standard InChI is InChI=1S/C8H2O3S2/c9-7-5-3-1-12-2-4(3)13-6(5)8(10)11-7/h1-2H. The van der Waals surface area contributed by atoms with Gasteiger partial charge in [0.1, 0.15) is 4.88 Å². The van der Waals surface area contributed by atoms with Crippen molar-refractivity contribution in [3.63, 3.8) is 0 Å². The third-order valence-corrected chi connectivity index (χ3v) is 3.94. The Balaban J connectivity index is 2.50. The maximum Gasteiger partial charge on any atom is 0.357 e. The predicted molar refractivity (Wildman–Crippen MR) is 49.4 cm³/mol. The van der Waals surface area contributed by atoms with E-state index in [2.05, 4.69) is 4.74 Å². The number of hydrogen-bond acceptors (Lipinski definition) is 5. The number of thiophene rings is 2. The highest BCUT2D eigenvalue weighted by Gasteiger charge is 2.34. The fourth-order valence-corrected chi connectivity index (χ4v) is 3.40. The van der Waals surface area contributed by atoms with Gasteiger partial charge in [-0.05, 0) is 0 Å². The molecule has 0 bridgehead atoms. The van der Waals surface area contributed by atoms with Crippen molar-refractivity contribution < 1.29 is 14.3 Å². The summed E-state index contributed by atoms with van der Waals surface area (Å²) in [5, 5.41) is 4.64. The van der Waals surface area contributed by atoms with Gasteiger partial charge in [0.05, 0.1) is 5.56 Å². The van der Waals surface area contributed by atoms with Crippen LogP contribution in [0.5, 0.6) is 0 Å². The average molecular weight is 210 g/mol. The molecule has 64 valence electrons. The van der Waals surface area contributed by atoms with E-state index >= 15 is 0 Å². The zero-order valence-electron chi connectivity index (χ0n) is 6.20. The maximum atomic E-state index is 11.2. The van der Waals surface area contributed by atoms with E-state index in [0.717, 1.165) is 10.1 Å². The van der Waals surface area contributed by atoms with Crippen LogP contribution in [0.15, 0.2) is 10.8 Å². The highest BCUT2D eigenvalue weighted by molar-refractivity contribution is 7.24. The molecule has 0 spiro atoms. The number of hydrogen-bond donors (Lipinski definition) is 0. The van der Waals surface area contributed by atoms with Gasteiger partial charge in [-0.1, -0.05) is 0 Å². The smallest absolute Gasteiger partial charge is 0.357 e. The van der Waals surface area contributed by atoms with Crippen molar-refractivity contribution in [1.29, 1.82) is 0 Å². The van der Waals surface area contributed by atoms with Gasteiger partial charge in [0, 0.05) is 20.8 Å². The highest BCUT2D eigenvalue weighted by Crippen LogP contribution is 2.37. The van der Waals surface area contributed by atoms with Crippen molar-refractivity contribution in [1.82, 2.24) is 0 Å². The van der Waals surface area contributed by atoms with Crippen LogP contribution in [0.25, 0.3) is 10.1 Å². The molecule has 0 fully saturated rings. The summed E-state index contributed by atoms with van der Waals surface area (Å²) >= 11 is 2.84. The second kappa shape index (κ2) is 2.18. The van der Waals surface area contributed by atoms with Crippen molar-refractivity contribution in [2.45, 2.75) is 0 Å². The SMILES string of the molecule is O=C1OC(=O)c2c1sc1cscc21. The largest absolute Gasteiger partial charge is 0.385 e. The zero-order chi connectivity index (χ0) is 9.00. The van der Waals surface area contributed by atoms with Crippen LogP contribution >= 0.6 is 22.7 Å². The molecule has 0 aliphatic carbocycles. The lowest BCUT2D eigenvalue weighted by Gasteiger charge is -1.85. The van der Waals surface area contributed by atoms with E-state index < -0.39 is 11.9 Å². The van der Waals surface area contributed by atoms with Gasteiger partial charge in [0.2, 0.25) is 0 Å². The minimum Gasteiger partial charge on any atom is -0.385 e. The van der Waals surface area contributed by atoms with Crippen LogP contribution in [0.2, 0.25) is 0 Å². The average Bonchev–Trinajstić information content (AvgIpc) is 2.63. The van der Waals surface area contributed by atoms with Gasteiger partial charge in [0.15, 0.2) is 0 Å². The molecule has 0 aromatic carbocycles. The molecule has 3 heterocycles. The second-order valence-corrected chi connectivity index (χ2v) is 4.43. The molecule has 0 saturated heterocycles. The fraction of sp³-hybridized carbons (Fsp3) is 0. The molecule has 2 aromatic heterocycles. The van der Waals surface area contributed by atoms with E-state index in [9.17, 15) is 9.59 Å². The molecule has 3 nitrogen and oxygen atoms in total. The van der Waals surface area contributed by atoms with Crippen molar-refractivity contribution in [2.24, 2.45) is 0 Å². The summed E-state index contributed by atoms with van der Waals surface area (Å²) in [6, 6.07) is 0. The topological polar surface area (TPSA) is 43.4 Å². The Morgan fingerprint density at radius 2 is 2.00 bits per heavy atom. The van der Waals surface area contributed by atoms with Crippen LogP contribution in [0.4, 0.5) is 0 Å². The van der Waals surface area contributed by atoms with E-state index in [-0.39, 0.29) is 0 Å². The van der Waals surface area contributed by atoms with Crippen LogP contribution < -0.4 is 0 Å². The van der Waals surface area contributed by atoms with Gasteiger partial charge in [-0.3, -0.25) is 0 Å². The molecular weight excluding hydrogens is 208 g/mol. The number of esters is 2. The number of ether oxygens (including phenoxy) is 1.